The van der Waals surface area contributed by atoms with Crippen LogP contribution < -0.4 is 11.1 Å². The van der Waals surface area contributed by atoms with Crippen molar-refractivity contribution in [3.63, 3.8) is 0 Å². The second kappa shape index (κ2) is 9.91. The minimum Gasteiger partial charge on any atom is -0.611 e. The molecule has 0 bridgehead atoms. The number of aliphatic hydroxyl groups is 1. The molecular formula is C24H26N2O3S. The molecule has 1 amide bonds. The van der Waals surface area contributed by atoms with E-state index in [1.54, 1.807) is 24.3 Å². The van der Waals surface area contributed by atoms with Crippen LogP contribution in [0.15, 0.2) is 83.8 Å². The lowest BCUT2D eigenvalue weighted by Gasteiger charge is -2.20. The summed E-state index contributed by atoms with van der Waals surface area (Å²) in [6.45, 7) is 1.01. The van der Waals surface area contributed by atoms with Gasteiger partial charge in [0.15, 0.2) is 4.90 Å². The molecule has 0 aliphatic rings. The van der Waals surface area contributed by atoms with Crippen LogP contribution in [-0.4, -0.2) is 33.5 Å². The van der Waals surface area contributed by atoms with Crippen molar-refractivity contribution in [1.29, 1.82) is 0 Å². The number of benzene rings is 3. The van der Waals surface area contributed by atoms with Crippen LogP contribution in [0.1, 0.15) is 12.5 Å². The molecule has 0 aliphatic carbocycles. The van der Waals surface area contributed by atoms with E-state index in [9.17, 15) is 9.35 Å². The van der Waals surface area contributed by atoms with E-state index in [0.717, 1.165) is 11.1 Å². The Bertz CT molecular complexity index is 958. The van der Waals surface area contributed by atoms with Gasteiger partial charge >= 0.3 is 0 Å². The predicted octanol–water partition coefficient (Wildman–Crippen LogP) is 3.35. The second-order valence-electron chi connectivity index (χ2n) is 7.42. The van der Waals surface area contributed by atoms with Gasteiger partial charge in [0.05, 0.1) is 6.61 Å². The highest BCUT2D eigenvalue weighted by atomic mass is 32.2. The fourth-order valence-corrected chi connectivity index (χ4v) is 3.96. The number of anilines is 1. The summed E-state index contributed by atoms with van der Waals surface area (Å²) in [6.07, 6.45) is 0.711. The zero-order chi connectivity index (χ0) is 21.6. The van der Waals surface area contributed by atoms with Gasteiger partial charge < -0.3 is 20.7 Å². The number of carbonyl (C=O) groups excluding carboxylic acids is 1. The van der Waals surface area contributed by atoms with Gasteiger partial charge in [0.25, 0.3) is 0 Å². The van der Waals surface area contributed by atoms with Gasteiger partial charge in [0, 0.05) is 12.1 Å². The number of aliphatic hydroxyl groups excluding tert-OH is 1. The quantitative estimate of drug-likeness (QED) is 0.485. The molecule has 30 heavy (non-hydrogen) atoms. The summed E-state index contributed by atoms with van der Waals surface area (Å²) in [6, 6.07) is 25.3. The molecule has 0 fully saturated rings. The first-order valence-electron chi connectivity index (χ1n) is 9.73. The van der Waals surface area contributed by atoms with Gasteiger partial charge in [0.2, 0.25) is 5.91 Å². The molecule has 156 valence electrons. The Morgan fingerprint density at radius 3 is 2.20 bits per heavy atom. The maximum atomic E-state index is 12.6. The average Bonchev–Trinajstić information content (AvgIpc) is 2.79. The lowest BCUT2D eigenvalue weighted by Crippen LogP contribution is -2.51. The number of hydrogen-bond donors (Lipinski definition) is 3. The summed E-state index contributed by atoms with van der Waals surface area (Å²) >= 11 is -1.14. The van der Waals surface area contributed by atoms with Crippen molar-refractivity contribution >= 4 is 22.8 Å². The minimum absolute atomic E-state index is 0.451. The van der Waals surface area contributed by atoms with E-state index in [1.165, 1.54) is 12.5 Å². The molecule has 0 spiro atoms. The highest BCUT2D eigenvalue weighted by Crippen LogP contribution is 2.21. The van der Waals surface area contributed by atoms with Crippen LogP contribution in [-0.2, 0) is 22.4 Å². The van der Waals surface area contributed by atoms with E-state index in [1.807, 2.05) is 18.2 Å². The number of amides is 1. The number of carbonyl (C=O) groups is 1. The Kier molecular flexibility index (Phi) is 7.29. The predicted molar refractivity (Wildman–Crippen MR) is 122 cm³/mol. The van der Waals surface area contributed by atoms with Crippen LogP contribution in [0.4, 0.5) is 5.69 Å². The van der Waals surface area contributed by atoms with Gasteiger partial charge in [-0.2, -0.15) is 0 Å². The average molecular weight is 423 g/mol. The molecule has 4 N–H and O–H groups in total. The lowest BCUT2D eigenvalue weighted by molar-refractivity contribution is -0.121. The third-order valence-electron chi connectivity index (χ3n) is 4.86. The minimum atomic E-state index is -1.35. The van der Waals surface area contributed by atoms with E-state index in [0.29, 0.717) is 22.8 Å². The monoisotopic (exact) mass is 422 g/mol. The van der Waals surface area contributed by atoms with Crippen molar-refractivity contribution in [2.75, 3.05) is 17.7 Å². The van der Waals surface area contributed by atoms with E-state index in [2.05, 4.69) is 41.7 Å². The maximum Gasteiger partial charge on any atom is 0.246 e. The molecule has 0 saturated carbocycles. The highest BCUT2D eigenvalue weighted by Gasteiger charge is 2.27. The molecule has 0 aliphatic heterocycles. The zero-order valence-corrected chi connectivity index (χ0v) is 17.7. The Labute approximate surface area is 180 Å². The van der Waals surface area contributed by atoms with Gasteiger partial charge in [-0.05, 0) is 59.1 Å². The molecule has 2 atom stereocenters. The summed E-state index contributed by atoms with van der Waals surface area (Å²) in [5.41, 5.74) is 8.38. The molecule has 0 saturated heterocycles. The molecule has 6 heteroatoms. The Morgan fingerprint density at radius 1 is 1.00 bits per heavy atom. The Hall–Kier alpha value is -2.64. The van der Waals surface area contributed by atoms with E-state index < -0.39 is 29.2 Å². The van der Waals surface area contributed by atoms with Crippen molar-refractivity contribution in [2.45, 2.75) is 23.8 Å². The lowest BCUT2D eigenvalue weighted by atomic mass is 10.0. The maximum absolute atomic E-state index is 12.6. The molecule has 0 aromatic heterocycles. The molecule has 1 unspecified atom stereocenters. The molecule has 0 radical (unpaired) electrons. The van der Waals surface area contributed by atoms with Crippen molar-refractivity contribution in [3.8, 4) is 11.1 Å². The van der Waals surface area contributed by atoms with Crippen LogP contribution in [0.2, 0.25) is 0 Å². The number of rotatable bonds is 8. The van der Waals surface area contributed by atoms with Crippen LogP contribution in [0.25, 0.3) is 11.1 Å². The van der Waals surface area contributed by atoms with Crippen molar-refractivity contribution in [1.82, 2.24) is 0 Å². The van der Waals surface area contributed by atoms with Crippen LogP contribution in [0, 0.1) is 0 Å². The Balaban J connectivity index is 1.55. The van der Waals surface area contributed by atoms with E-state index in [4.69, 9.17) is 10.8 Å². The first-order valence-corrected chi connectivity index (χ1v) is 11.0. The summed E-state index contributed by atoms with van der Waals surface area (Å²) in [5, 5.41) is 11.8. The topological polar surface area (TPSA) is 98.4 Å². The van der Waals surface area contributed by atoms with Gasteiger partial charge in [-0.15, -0.1) is 0 Å². The summed E-state index contributed by atoms with van der Waals surface area (Å²) in [5.74, 6) is 0.0414. The second-order valence-corrected chi connectivity index (χ2v) is 8.99. The summed E-state index contributed by atoms with van der Waals surface area (Å²) in [7, 11) is 0. The molecule has 3 aromatic rings. The van der Waals surface area contributed by atoms with Crippen LogP contribution in [0.5, 0.6) is 0 Å². The third-order valence-corrected chi connectivity index (χ3v) is 6.23. The standard InChI is InChI=1S/C24H26N2O3S/c1-24(25,17-27)23(28)26-21-11-13-22(14-12-21)30(29)16-15-18-7-9-20(10-8-18)19-5-3-2-4-6-19/h2-14,27H,15-17,25H2,1H3,(H,26,28)/t24-,30?/m0/s1. The number of nitrogens with two attached hydrogens (primary N) is 1. The number of hydrogen-bond acceptors (Lipinski definition) is 4. The fraction of sp³-hybridized carbons (Fsp3) is 0.208. The van der Waals surface area contributed by atoms with Crippen molar-refractivity contribution in [3.05, 3.63) is 84.4 Å². The molecule has 0 heterocycles. The normalized spacial score (nSPS) is 14.0. The fourth-order valence-electron chi connectivity index (χ4n) is 2.86. The molecular weight excluding hydrogens is 396 g/mol. The molecule has 5 nitrogen and oxygen atoms in total. The van der Waals surface area contributed by atoms with Crippen molar-refractivity contribution in [2.24, 2.45) is 5.73 Å². The first kappa shape index (κ1) is 22.1. The van der Waals surface area contributed by atoms with Crippen molar-refractivity contribution < 1.29 is 14.5 Å². The third kappa shape index (κ3) is 5.70. The summed E-state index contributed by atoms with van der Waals surface area (Å²) < 4.78 is 12.6. The summed E-state index contributed by atoms with van der Waals surface area (Å²) in [4.78, 5) is 12.7. The Morgan fingerprint density at radius 2 is 1.60 bits per heavy atom. The largest absolute Gasteiger partial charge is 0.611 e. The number of nitrogens with one attached hydrogen (secondary N) is 1. The first-order chi connectivity index (χ1) is 14.4. The van der Waals surface area contributed by atoms with Gasteiger partial charge in [-0.25, -0.2) is 0 Å². The smallest absolute Gasteiger partial charge is 0.246 e. The van der Waals surface area contributed by atoms with E-state index >= 15 is 0 Å². The number of aryl methyl sites for hydroxylation is 1. The SMILES string of the molecule is C[C@](N)(CO)C(=O)Nc1ccc([S+]([O-])CCc2ccc(-c3ccccc3)cc2)cc1. The van der Waals surface area contributed by atoms with Crippen LogP contribution in [0.3, 0.4) is 0 Å². The van der Waals surface area contributed by atoms with Gasteiger partial charge in [-0.1, -0.05) is 54.6 Å². The highest BCUT2D eigenvalue weighted by molar-refractivity contribution is 7.91. The van der Waals surface area contributed by atoms with Gasteiger partial charge in [0.1, 0.15) is 11.3 Å². The zero-order valence-electron chi connectivity index (χ0n) is 16.9. The molecule has 3 aromatic carbocycles. The van der Waals surface area contributed by atoms with Gasteiger partial charge in [-0.3, -0.25) is 4.79 Å². The van der Waals surface area contributed by atoms with E-state index in [-0.39, 0.29) is 0 Å². The van der Waals surface area contributed by atoms with Crippen LogP contribution >= 0.6 is 0 Å². The molecule has 3 rings (SSSR count).